The fourth-order valence-corrected chi connectivity index (χ4v) is 7.18. The van der Waals surface area contributed by atoms with Gasteiger partial charge in [0.15, 0.2) is 0 Å². The van der Waals surface area contributed by atoms with E-state index < -0.39 is 0 Å². The molecule has 0 spiro atoms. The normalized spacial score (nSPS) is 18.8. The first-order valence-electron chi connectivity index (χ1n) is 16.8. The highest BCUT2D eigenvalue weighted by molar-refractivity contribution is 5.95. The smallest absolute Gasteiger partial charge is 0.0697 e. The fraction of sp³-hybridized carbons (Fsp3) is 0.0889. The van der Waals surface area contributed by atoms with Crippen LogP contribution < -0.4 is 0 Å². The zero-order valence-corrected chi connectivity index (χ0v) is 27.8. The van der Waals surface area contributed by atoms with Crippen LogP contribution in [0.4, 0.5) is 0 Å². The molecule has 49 heavy (non-hydrogen) atoms. The van der Waals surface area contributed by atoms with Gasteiger partial charge in [-0.15, -0.1) is 0 Å². The monoisotopic (exact) mass is 631 g/mol. The molecule has 5 heterocycles. The molecule has 8 bridgehead atoms. The van der Waals surface area contributed by atoms with E-state index in [1.807, 2.05) is 0 Å². The summed E-state index contributed by atoms with van der Waals surface area (Å²) in [4.78, 5) is 18.3. The first kappa shape index (κ1) is 30.8. The molecule has 4 nitrogen and oxygen atoms in total. The number of hydrogen-bond acceptors (Lipinski definition) is 2. The maximum Gasteiger partial charge on any atom is 0.0697 e. The van der Waals surface area contributed by atoms with Gasteiger partial charge < -0.3 is 9.97 Å². The standard InChI is InChI=1S/C45H35N4/c1-45(2,3)32-18-16-31(17-19-32)44-39-26-24-37(48-39)42(29-12-6-7-13-29)35-22-20-33(46-35)41(28-10-4-5-11-28)34-21-23-36(47-34)43(30-14-8-9-15-30)38-25-27-40(44)49-38/h4-27,48-49H,1-3H3. The van der Waals surface area contributed by atoms with Crippen LogP contribution in [0.25, 0.3) is 57.5 Å². The predicted octanol–water partition coefficient (Wildman–Crippen LogP) is 9.88. The minimum atomic E-state index is 0.0621. The van der Waals surface area contributed by atoms with E-state index in [4.69, 9.17) is 9.97 Å². The number of nitrogens with zero attached hydrogens (tertiary/aromatic N) is 2. The Hall–Kier alpha value is -4.18. The molecule has 2 N–H and O–H groups in total. The van der Waals surface area contributed by atoms with Crippen LogP contribution in [0.2, 0.25) is 0 Å². The van der Waals surface area contributed by atoms with Crippen LogP contribution in [0.15, 0.2) is 48.5 Å². The van der Waals surface area contributed by atoms with Crippen molar-refractivity contribution in [3.63, 3.8) is 0 Å². The summed E-state index contributed by atoms with van der Waals surface area (Å²) in [5.41, 5.74) is 14.5. The van der Waals surface area contributed by atoms with Crippen molar-refractivity contribution in [1.29, 1.82) is 0 Å². The van der Waals surface area contributed by atoms with Gasteiger partial charge >= 0.3 is 0 Å². The number of fused-ring (bicyclic) bond motifs is 8. The largest absolute Gasteiger partial charge is 0.355 e. The molecule has 9 rings (SSSR count). The Bertz CT molecular complexity index is 2000. The van der Waals surface area contributed by atoms with Crippen LogP contribution in [-0.4, -0.2) is 19.9 Å². The third-order valence-corrected chi connectivity index (χ3v) is 9.65. The second-order valence-electron chi connectivity index (χ2n) is 13.9. The van der Waals surface area contributed by atoms with Gasteiger partial charge in [-0.3, -0.25) is 0 Å². The van der Waals surface area contributed by atoms with Crippen LogP contribution in [0, 0.1) is 94.8 Å². The quantitative estimate of drug-likeness (QED) is 0.204. The molecule has 235 valence electrons. The highest BCUT2D eigenvalue weighted by Crippen LogP contribution is 2.42. The Morgan fingerprint density at radius 1 is 0.408 bits per heavy atom. The molecular weight excluding hydrogens is 597 g/mol. The van der Waals surface area contributed by atoms with Gasteiger partial charge in [0.1, 0.15) is 0 Å². The van der Waals surface area contributed by atoms with Gasteiger partial charge in [0.2, 0.25) is 0 Å². The van der Waals surface area contributed by atoms with Crippen LogP contribution in [0.1, 0.15) is 65.8 Å². The summed E-state index contributed by atoms with van der Waals surface area (Å²) in [6.45, 7) is 6.76. The highest BCUT2D eigenvalue weighted by Gasteiger charge is 2.30. The van der Waals surface area contributed by atoms with Crippen molar-refractivity contribution < 1.29 is 0 Å². The molecular formula is C45H35N4. The number of aromatic nitrogens is 4. The zero-order chi connectivity index (χ0) is 33.1. The molecule has 5 aliphatic rings. The molecule has 0 atom stereocenters. The first-order valence-corrected chi connectivity index (χ1v) is 16.8. The molecule has 0 amide bonds. The number of benzene rings is 1. The Labute approximate surface area is 291 Å². The Morgan fingerprint density at radius 2 is 0.755 bits per heavy atom. The molecule has 3 fully saturated rings. The average Bonchev–Trinajstić information content (AvgIpc) is 3.95. The van der Waals surface area contributed by atoms with Gasteiger partial charge in [0.05, 0.1) is 22.8 Å². The summed E-state index contributed by atoms with van der Waals surface area (Å²) in [5.74, 6) is 3.34. The summed E-state index contributed by atoms with van der Waals surface area (Å²) in [6.07, 6.45) is 33.9. The van der Waals surface area contributed by atoms with E-state index in [-0.39, 0.29) is 5.41 Å². The molecule has 3 aromatic heterocycles. The van der Waals surface area contributed by atoms with Crippen LogP contribution in [0.5, 0.6) is 0 Å². The summed E-state index contributed by atoms with van der Waals surface area (Å²) in [7, 11) is 0. The van der Waals surface area contributed by atoms with E-state index >= 15 is 0 Å². The van der Waals surface area contributed by atoms with Crippen LogP contribution in [-0.2, 0) is 5.41 Å². The predicted molar refractivity (Wildman–Crippen MR) is 202 cm³/mol. The van der Waals surface area contributed by atoms with Gasteiger partial charge in [-0.1, -0.05) is 45.0 Å². The second-order valence-corrected chi connectivity index (χ2v) is 13.9. The topological polar surface area (TPSA) is 57.4 Å². The maximum absolute atomic E-state index is 5.32. The van der Waals surface area contributed by atoms with E-state index in [0.29, 0.717) is 0 Å². The summed E-state index contributed by atoms with van der Waals surface area (Å²) in [5, 5.41) is 0. The maximum atomic E-state index is 5.32. The lowest BCUT2D eigenvalue weighted by Crippen LogP contribution is -2.10. The van der Waals surface area contributed by atoms with E-state index in [0.717, 1.165) is 90.4 Å². The van der Waals surface area contributed by atoms with Gasteiger partial charge in [0.25, 0.3) is 0 Å². The number of nitrogens with one attached hydrogen (secondary N) is 2. The van der Waals surface area contributed by atoms with E-state index in [2.05, 4.69) is 181 Å². The first-order chi connectivity index (χ1) is 23.9. The molecule has 3 aliphatic carbocycles. The average molecular weight is 632 g/mol. The SMILES string of the molecule is CC(C)(C)c1ccc(-c2c3ccc([nH]3)c([C]3[CH][CH][CH][CH]3)c3nc(c([C]4[CH][CH][CH][CH]4)c4nc(c([C]5[CH][CH][CH][CH]5)c5ccc2[nH]5)C=C4)C=C3)cc1. The van der Waals surface area contributed by atoms with E-state index in [1.165, 1.54) is 5.56 Å². The zero-order valence-electron chi connectivity index (χ0n) is 27.8. The summed E-state index contributed by atoms with van der Waals surface area (Å²) >= 11 is 0. The van der Waals surface area contributed by atoms with Crippen molar-refractivity contribution in [2.75, 3.05) is 0 Å². The molecule has 0 unspecified atom stereocenters. The lowest BCUT2D eigenvalue weighted by Gasteiger charge is -2.19. The summed E-state index contributed by atoms with van der Waals surface area (Å²) in [6, 6.07) is 17.8. The minimum Gasteiger partial charge on any atom is -0.355 e. The highest BCUT2D eigenvalue weighted by atomic mass is 14.8. The molecule has 2 aliphatic heterocycles. The van der Waals surface area contributed by atoms with Crippen LogP contribution in [0.3, 0.4) is 0 Å². The Balaban J connectivity index is 1.39. The molecule has 3 saturated carbocycles. The second kappa shape index (κ2) is 12.3. The van der Waals surface area contributed by atoms with Crippen LogP contribution >= 0.6 is 0 Å². The molecule has 15 radical (unpaired) electrons. The molecule has 4 heteroatoms. The minimum absolute atomic E-state index is 0.0621. The molecule has 1 aromatic carbocycles. The number of hydrogen-bond donors (Lipinski definition) is 2. The Morgan fingerprint density at radius 3 is 1.14 bits per heavy atom. The van der Waals surface area contributed by atoms with Crippen molar-refractivity contribution >= 4 is 46.4 Å². The fourth-order valence-electron chi connectivity index (χ4n) is 7.18. The molecule has 0 saturated heterocycles. The number of H-pyrrole nitrogens is 2. The lowest BCUT2D eigenvalue weighted by molar-refractivity contribution is 0.590. The van der Waals surface area contributed by atoms with Gasteiger partial charge in [-0.2, -0.15) is 0 Å². The van der Waals surface area contributed by atoms with E-state index in [1.54, 1.807) is 0 Å². The van der Waals surface area contributed by atoms with Crippen molar-refractivity contribution in [2.45, 2.75) is 26.2 Å². The van der Waals surface area contributed by atoms with Crippen molar-refractivity contribution in [3.8, 4) is 11.1 Å². The Kier molecular flexibility index (Phi) is 7.74. The van der Waals surface area contributed by atoms with Gasteiger partial charge in [0, 0.05) is 62.1 Å². The third kappa shape index (κ3) is 5.62. The van der Waals surface area contributed by atoms with E-state index in [9.17, 15) is 0 Å². The number of rotatable bonds is 4. The van der Waals surface area contributed by atoms with Crippen molar-refractivity contribution in [3.05, 3.63) is 188 Å². The lowest BCUT2D eigenvalue weighted by atomic mass is 9.86. The summed E-state index contributed by atoms with van der Waals surface area (Å²) < 4.78 is 0. The van der Waals surface area contributed by atoms with Crippen molar-refractivity contribution in [1.82, 2.24) is 19.9 Å². The van der Waals surface area contributed by atoms with Crippen molar-refractivity contribution in [2.24, 2.45) is 0 Å². The molecule has 4 aromatic rings. The van der Waals surface area contributed by atoms with Gasteiger partial charge in [-0.25, -0.2) is 9.97 Å². The number of aromatic amines is 2. The third-order valence-electron chi connectivity index (χ3n) is 9.65. The van der Waals surface area contributed by atoms with Gasteiger partial charge in [-0.05, 0) is 142 Å².